The average Bonchev–Trinajstić information content (AvgIpc) is 3.09. The highest BCUT2D eigenvalue weighted by atomic mass is 16.5. The Balaban J connectivity index is 1.38. The van der Waals surface area contributed by atoms with Crippen LogP contribution in [0.25, 0.3) is 0 Å². The number of aromatic nitrogens is 2. The Kier molecular flexibility index (Phi) is 5.78. The molecule has 0 unspecified atom stereocenters. The van der Waals surface area contributed by atoms with Gasteiger partial charge in [0.1, 0.15) is 5.75 Å². The van der Waals surface area contributed by atoms with E-state index in [-0.39, 0.29) is 0 Å². The van der Waals surface area contributed by atoms with Crippen molar-refractivity contribution in [2.45, 2.75) is 31.8 Å². The van der Waals surface area contributed by atoms with Crippen molar-refractivity contribution in [3.8, 4) is 5.75 Å². The van der Waals surface area contributed by atoms with E-state index in [4.69, 9.17) is 9.47 Å². The number of anilines is 1. The molecule has 28 heavy (non-hydrogen) atoms. The van der Waals surface area contributed by atoms with E-state index in [1.54, 1.807) is 14.2 Å². The lowest BCUT2D eigenvalue weighted by molar-refractivity contribution is 0.106. The third-order valence-electron chi connectivity index (χ3n) is 6.27. The SMILES string of the molecule is COC[C@H]1CC2(CCN(Cc3ccc(OC)cc3)CC2)CN1c1ncccn1. The number of likely N-dealkylation sites (tertiary alicyclic amines) is 1. The van der Waals surface area contributed by atoms with Gasteiger partial charge < -0.3 is 14.4 Å². The number of methoxy groups -OCH3 is 2. The van der Waals surface area contributed by atoms with Crippen LogP contribution in [0.1, 0.15) is 24.8 Å². The molecule has 0 saturated carbocycles. The Morgan fingerprint density at radius 3 is 2.43 bits per heavy atom. The predicted molar refractivity (Wildman–Crippen MR) is 110 cm³/mol. The molecule has 150 valence electrons. The molecule has 3 heterocycles. The first-order valence-electron chi connectivity index (χ1n) is 10.1. The molecule has 2 aliphatic heterocycles. The molecule has 2 aliphatic rings. The summed E-state index contributed by atoms with van der Waals surface area (Å²) in [5.41, 5.74) is 1.69. The maximum absolute atomic E-state index is 5.51. The van der Waals surface area contributed by atoms with Gasteiger partial charge in [0.15, 0.2) is 0 Å². The molecular formula is C22H30N4O2. The Morgan fingerprint density at radius 1 is 1.07 bits per heavy atom. The van der Waals surface area contributed by atoms with Crippen LogP contribution in [0.3, 0.4) is 0 Å². The highest BCUT2D eigenvalue weighted by Gasteiger charge is 2.46. The topological polar surface area (TPSA) is 50.7 Å². The zero-order valence-corrected chi connectivity index (χ0v) is 16.9. The van der Waals surface area contributed by atoms with Crippen LogP contribution in [0, 0.1) is 5.41 Å². The predicted octanol–water partition coefficient (Wildman–Crippen LogP) is 2.99. The van der Waals surface area contributed by atoms with Crippen molar-refractivity contribution >= 4 is 5.95 Å². The van der Waals surface area contributed by atoms with Gasteiger partial charge in [0, 0.05) is 32.6 Å². The molecule has 2 fully saturated rings. The highest BCUT2D eigenvalue weighted by Crippen LogP contribution is 2.44. The molecule has 0 aliphatic carbocycles. The number of piperidine rings is 1. The van der Waals surface area contributed by atoms with Crippen LogP contribution in [-0.4, -0.2) is 61.4 Å². The summed E-state index contributed by atoms with van der Waals surface area (Å²) >= 11 is 0. The minimum atomic E-state index is 0.346. The Bertz CT molecular complexity index is 745. The van der Waals surface area contributed by atoms with Gasteiger partial charge in [-0.1, -0.05) is 12.1 Å². The second-order valence-electron chi connectivity index (χ2n) is 8.11. The van der Waals surface area contributed by atoms with Crippen molar-refractivity contribution in [2.75, 3.05) is 45.4 Å². The zero-order chi connectivity index (χ0) is 19.4. The van der Waals surface area contributed by atoms with Crippen LogP contribution in [0.15, 0.2) is 42.7 Å². The minimum absolute atomic E-state index is 0.346. The number of rotatable bonds is 6. The smallest absolute Gasteiger partial charge is 0.225 e. The van der Waals surface area contributed by atoms with E-state index in [9.17, 15) is 0 Å². The fraction of sp³-hybridized carbons (Fsp3) is 0.545. The number of ether oxygens (including phenoxy) is 2. The third-order valence-corrected chi connectivity index (χ3v) is 6.27. The molecule has 6 heteroatoms. The van der Waals surface area contributed by atoms with Gasteiger partial charge in [-0.3, -0.25) is 4.90 Å². The van der Waals surface area contributed by atoms with Crippen molar-refractivity contribution in [3.63, 3.8) is 0 Å². The molecule has 1 aromatic carbocycles. The number of hydrogen-bond donors (Lipinski definition) is 0. The molecule has 6 nitrogen and oxygen atoms in total. The van der Waals surface area contributed by atoms with E-state index < -0.39 is 0 Å². The van der Waals surface area contributed by atoms with E-state index in [1.807, 2.05) is 30.6 Å². The summed E-state index contributed by atoms with van der Waals surface area (Å²) in [6.45, 7) is 5.04. The molecule has 4 rings (SSSR count). The molecule has 2 saturated heterocycles. The van der Waals surface area contributed by atoms with Crippen LogP contribution in [-0.2, 0) is 11.3 Å². The standard InChI is InChI=1S/C22H30N4O2/c1-27-16-19-14-22(17-26(19)21-23-10-3-11-24-21)8-12-25(13-9-22)15-18-4-6-20(28-2)7-5-18/h3-7,10-11,19H,8-9,12-17H2,1-2H3/t19-/m1/s1. The Morgan fingerprint density at radius 2 is 1.79 bits per heavy atom. The van der Waals surface area contributed by atoms with Gasteiger partial charge >= 0.3 is 0 Å². The number of nitrogens with zero attached hydrogens (tertiary/aromatic N) is 4. The summed E-state index contributed by atoms with van der Waals surface area (Å²) in [6, 6.07) is 10.7. The lowest BCUT2D eigenvalue weighted by Crippen LogP contribution is -2.41. The van der Waals surface area contributed by atoms with Gasteiger partial charge in [0.25, 0.3) is 0 Å². The summed E-state index contributed by atoms with van der Waals surface area (Å²) < 4.78 is 10.8. The first kappa shape index (κ1) is 19.2. The Hall–Kier alpha value is -2.18. The maximum atomic E-state index is 5.51. The molecular weight excluding hydrogens is 352 g/mol. The number of hydrogen-bond acceptors (Lipinski definition) is 6. The maximum Gasteiger partial charge on any atom is 0.225 e. The zero-order valence-electron chi connectivity index (χ0n) is 16.9. The molecule has 1 aromatic heterocycles. The van der Waals surface area contributed by atoms with Crippen molar-refractivity contribution in [1.82, 2.24) is 14.9 Å². The van der Waals surface area contributed by atoms with Gasteiger partial charge in [-0.2, -0.15) is 0 Å². The monoisotopic (exact) mass is 382 g/mol. The van der Waals surface area contributed by atoms with Crippen molar-refractivity contribution in [1.29, 1.82) is 0 Å². The van der Waals surface area contributed by atoms with E-state index in [0.717, 1.165) is 50.9 Å². The van der Waals surface area contributed by atoms with E-state index in [1.165, 1.54) is 18.4 Å². The van der Waals surface area contributed by atoms with Crippen LogP contribution in [0.2, 0.25) is 0 Å². The van der Waals surface area contributed by atoms with Crippen LogP contribution < -0.4 is 9.64 Å². The van der Waals surface area contributed by atoms with Crippen LogP contribution in [0.4, 0.5) is 5.95 Å². The summed E-state index contributed by atoms with van der Waals surface area (Å²) in [5, 5.41) is 0. The second kappa shape index (κ2) is 8.45. The molecule has 0 N–H and O–H groups in total. The van der Waals surface area contributed by atoms with Crippen LogP contribution in [0.5, 0.6) is 5.75 Å². The van der Waals surface area contributed by atoms with Gasteiger partial charge in [0.05, 0.1) is 19.8 Å². The lowest BCUT2D eigenvalue weighted by Gasteiger charge is -2.39. The van der Waals surface area contributed by atoms with Crippen molar-refractivity contribution < 1.29 is 9.47 Å². The van der Waals surface area contributed by atoms with Gasteiger partial charge in [-0.15, -0.1) is 0 Å². The summed E-state index contributed by atoms with van der Waals surface area (Å²) in [6.07, 6.45) is 7.25. The minimum Gasteiger partial charge on any atom is -0.497 e. The Labute approximate surface area is 167 Å². The van der Waals surface area contributed by atoms with Gasteiger partial charge in [-0.05, 0) is 61.5 Å². The summed E-state index contributed by atoms with van der Waals surface area (Å²) in [7, 11) is 3.49. The summed E-state index contributed by atoms with van der Waals surface area (Å²) in [5.74, 6) is 1.75. The first-order chi connectivity index (χ1) is 13.7. The molecule has 1 spiro atoms. The fourth-order valence-electron chi connectivity index (χ4n) is 4.72. The molecule has 1 atom stereocenters. The molecule has 0 bridgehead atoms. The summed E-state index contributed by atoms with van der Waals surface area (Å²) in [4.78, 5) is 13.9. The highest BCUT2D eigenvalue weighted by molar-refractivity contribution is 5.35. The van der Waals surface area contributed by atoms with Crippen LogP contribution >= 0.6 is 0 Å². The number of benzene rings is 1. The fourth-order valence-corrected chi connectivity index (χ4v) is 4.72. The molecule has 2 aromatic rings. The van der Waals surface area contributed by atoms with Crippen molar-refractivity contribution in [2.24, 2.45) is 5.41 Å². The van der Waals surface area contributed by atoms with E-state index in [2.05, 4.69) is 31.9 Å². The first-order valence-corrected chi connectivity index (χ1v) is 10.1. The van der Waals surface area contributed by atoms with Gasteiger partial charge in [-0.25, -0.2) is 9.97 Å². The average molecular weight is 383 g/mol. The van der Waals surface area contributed by atoms with Crippen molar-refractivity contribution in [3.05, 3.63) is 48.3 Å². The third kappa shape index (κ3) is 4.13. The molecule has 0 amide bonds. The van der Waals surface area contributed by atoms with E-state index >= 15 is 0 Å². The second-order valence-corrected chi connectivity index (χ2v) is 8.11. The van der Waals surface area contributed by atoms with Gasteiger partial charge in [0.2, 0.25) is 5.95 Å². The normalized spacial score (nSPS) is 21.9. The van der Waals surface area contributed by atoms with E-state index in [0.29, 0.717) is 11.5 Å². The lowest BCUT2D eigenvalue weighted by atomic mass is 9.76. The largest absolute Gasteiger partial charge is 0.497 e. The molecule has 0 radical (unpaired) electrons. The quantitative estimate of drug-likeness (QED) is 0.766.